The summed E-state index contributed by atoms with van der Waals surface area (Å²) in [5.74, 6) is 3.41. The highest BCUT2D eigenvalue weighted by atomic mass is 79.9. The lowest BCUT2D eigenvalue weighted by molar-refractivity contribution is -0.00000370. The molecule has 0 nitrogen and oxygen atoms in total. The van der Waals surface area contributed by atoms with Gasteiger partial charge in [-0.2, -0.15) is 0 Å². The molecule has 0 aliphatic carbocycles. The number of hydrogen-bond acceptors (Lipinski definition) is 0. The van der Waals surface area contributed by atoms with Crippen LogP contribution in [0.5, 0.6) is 0 Å². The van der Waals surface area contributed by atoms with E-state index < -0.39 is 0 Å². The topological polar surface area (TPSA) is 0 Å². The van der Waals surface area contributed by atoms with Crippen molar-refractivity contribution in [2.45, 2.75) is 11.5 Å². The molecule has 2 aromatic rings. The fourth-order valence-electron chi connectivity index (χ4n) is 1.96. The Labute approximate surface area is 129 Å². The zero-order chi connectivity index (χ0) is 12.6. The van der Waals surface area contributed by atoms with Gasteiger partial charge >= 0.3 is 0 Å². The molecular formula is C17H19BrS. The summed E-state index contributed by atoms with van der Waals surface area (Å²) in [4.78, 5) is 0. The average molecular weight is 335 g/mol. The highest BCUT2D eigenvalue weighted by Crippen LogP contribution is 2.15. The van der Waals surface area contributed by atoms with Gasteiger partial charge in [0.1, 0.15) is 17.3 Å². The lowest BCUT2D eigenvalue weighted by atomic mass is 10.2. The minimum atomic E-state index is 0. The van der Waals surface area contributed by atoms with E-state index in [0.717, 1.165) is 17.3 Å². The van der Waals surface area contributed by atoms with E-state index in [4.69, 9.17) is 0 Å². The van der Waals surface area contributed by atoms with Crippen LogP contribution in [0.2, 0.25) is 0 Å². The lowest BCUT2D eigenvalue weighted by Gasteiger charge is -2.07. The van der Waals surface area contributed by atoms with E-state index in [0.29, 0.717) is 10.9 Å². The Morgan fingerprint density at radius 1 is 0.789 bits per heavy atom. The maximum absolute atomic E-state index is 3.89. The minimum Gasteiger partial charge on any atom is -1.00 e. The van der Waals surface area contributed by atoms with Crippen molar-refractivity contribution in [3.8, 4) is 0 Å². The van der Waals surface area contributed by atoms with Crippen LogP contribution in [0.1, 0.15) is 11.1 Å². The first-order valence-corrected chi connectivity index (χ1v) is 7.94. The molecule has 0 aliphatic rings. The monoisotopic (exact) mass is 334 g/mol. The average Bonchev–Trinajstić information content (AvgIpc) is 2.41. The van der Waals surface area contributed by atoms with E-state index in [2.05, 4.69) is 73.3 Å². The fraction of sp³-hybridized carbons (Fsp3) is 0.176. The Bertz CT molecular complexity index is 426. The van der Waals surface area contributed by atoms with Crippen LogP contribution in [0.15, 0.2) is 73.3 Å². The van der Waals surface area contributed by atoms with Gasteiger partial charge in [0.25, 0.3) is 0 Å². The van der Waals surface area contributed by atoms with Crippen molar-refractivity contribution >= 4 is 10.9 Å². The van der Waals surface area contributed by atoms with Crippen molar-refractivity contribution in [3.63, 3.8) is 0 Å². The van der Waals surface area contributed by atoms with Gasteiger partial charge in [0, 0.05) is 22.0 Å². The van der Waals surface area contributed by atoms with Crippen LogP contribution in [0.25, 0.3) is 0 Å². The largest absolute Gasteiger partial charge is 1.00 e. The molecular weight excluding hydrogens is 316 g/mol. The van der Waals surface area contributed by atoms with Crippen LogP contribution in [0.3, 0.4) is 0 Å². The smallest absolute Gasteiger partial charge is 0.133 e. The van der Waals surface area contributed by atoms with E-state index in [1.165, 1.54) is 11.1 Å². The quantitative estimate of drug-likeness (QED) is 0.550. The van der Waals surface area contributed by atoms with Gasteiger partial charge in [0.15, 0.2) is 0 Å². The number of hydrogen-bond donors (Lipinski definition) is 0. The van der Waals surface area contributed by atoms with E-state index in [-0.39, 0.29) is 17.0 Å². The van der Waals surface area contributed by atoms with Gasteiger partial charge in [-0.1, -0.05) is 67.2 Å². The molecule has 2 aromatic carbocycles. The minimum absolute atomic E-state index is 0. The van der Waals surface area contributed by atoms with Gasteiger partial charge in [-0.15, -0.1) is 0 Å². The molecule has 0 heterocycles. The lowest BCUT2D eigenvalue weighted by Crippen LogP contribution is -3.00. The second-order valence-corrected chi connectivity index (χ2v) is 6.46. The van der Waals surface area contributed by atoms with Crippen molar-refractivity contribution < 1.29 is 17.0 Å². The molecule has 19 heavy (non-hydrogen) atoms. The number of rotatable bonds is 6. The van der Waals surface area contributed by atoms with Crippen molar-refractivity contribution in [2.24, 2.45) is 0 Å². The summed E-state index contributed by atoms with van der Waals surface area (Å²) in [6, 6.07) is 21.5. The standard InChI is InChI=1S/C17H19S.BrH/c1-2-13-18(14-16-9-5-3-6-10-16)15-17-11-7-4-8-12-17;/h2-12H,1,13-15H2;1H/q+1;/p-1. The molecule has 2 rings (SSSR count). The van der Waals surface area contributed by atoms with E-state index in [9.17, 15) is 0 Å². The van der Waals surface area contributed by atoms with Crippen LogP contribution in [-0.2, 0) is 22.4 Å². The maximum atomic E-state index is 3.89. The van der Waals surface area contributed by atoms with Crippen molar-refractivity contribution in [3.05, 3.63) is 84.4 Å². The summed E-state index contributed by atoms with van der Waals surface area (Å²) in [7, 11) is 0.355. The Balaban J connectivity index is 0.00000180. The molecule has 0 fully saturated rings. The Morgan fingerprint density at radius 2 is 1.21 bits per heavy atom. The van der Waals surface area contributed by atoms with E-state index in [1.807, 2.05) is 0 Å². The van der Waals surface area contributed by atoms with Crippen LogP contribution < -0.4 is 17.0 Å². The van der Waals surface area contributed by atoms with Crippen molar-refractivity contribution in [1.82, 2.24) is 0 Å². The summed E-state index contributed by atoms with van der Waals surface area (Å²) in [5, 5.41) is 0. The molecule has 100 valence electrons. The molecule has 0 N–H and O–H groups in total. The van der Waals surface area contributed by atoms with E-state index >= 15 is 0 Å². The molecule has 0 spiro atoms. The molecule has 0 unspecified atom stereocenters. The summed E-state index contributed by atoms with van der Waals surface area (Å²) in [6.07, 6.45) is 2.05. The zero-order valence-electron chi connectivity index (χ0n) is 11.0. The summed E-state index contributed by atoms with van der Waals surface area (Å²) in [5.41, 5.74) is 2.86. The molecule has 0 atom stereocenters. The summed E-state index contributed by atoms with van der Waals surface area (Å²) >= 11 is 0. The Hall–Kier alpha value is -0.990. The normalized spacial score (nSPS) is 9.95. The zero-order valence-corrected chi connectivity index (χ0v) is 13.4. The third-order valence-electron chi connectivity index (χ3n) is 2.78. The second kappa shape index (κ2) is 9.00. The van der Waals surface area contributed by atoms with Gasteiger partial charge in [-0.25, -0.2) is 0 Å². The highest BCUT2D eigenvalue weighted by molar-refractivity contribution is 7.95. The van der Waals surface area contributed by atoms with Gasteiger partial charge in [-0.05, 0) is 6.08 Å². The molecule has 0 bridgehead atoms. The van der Waals surface area contributed by atoms with Crippen LogP contribution in [0, 0.1) is 0 Å². The van der Waals surface area contributed by atoms with E-state index in [1.54, 1.807) is 0 Å². The summed E-state index contributed by atoms with van der Waals surface area (Å²) in [6.45, 7) is 3.89. The fourth-order valence-corrected chi connectivity index (χ4v) is 3.95. The highest BCUT2D eigenvalue weighted by Gasteiger charge is 2.17. The van der Waals surface area contributed by atoms with Crippen molar-refractivity contribution in [2.75, 3.05) is 5.75 Å². The number of halogens is 1. The molecule has 0 amide bonds. The van der Waals surface area contributed by atoms with Crippen LogP contribution in [-0.4, -0.2) is 5.75 Å². The third-order valence-corrected chi connectivity index (χ3v) is 4.97. The first-order valence-electron chi connectivity index (χ1n) is 6.21. The molecule has 0 aliphatic heterocycles. The maximum Gasteiger partial charge on any atom is 0.133 e. The third kappa shape index (κ3) is 5.66. The predicted octanol–water partition coefficient (Wildman–Crippen LogP) is 1.20. The van der Waals surface area contributed by atoms with Gasteiger partial charge < -0.3 is 17.0 Å². The molecule has 0 radical (unpaired) electrons. The van der Waals surface area contributed by atoms with Gasteiger partial charge in [-0.3, -0.25) is 0 Å². The Morgan fingerprint density at radius 3 is 1.58 bits per heavy atom. The number of benzene rings is 2. The molecule has 0 saturated heterocycles. The molecule has 0 aromatic heterocycles. The predicted molar refractivity (Wildman–Crippen MR) is 82.7 cm³/mol. The Kier molecular flexibility index (Phi) is 7.61. The first kappa shape index (κ1) is 16.1. The first-order chi connectivity index (χ1) is 8.88. The van der Waals surface area contributed by atoms with Crippen LogP contribution >= 0.6 is 0 Å². The van der Waals surface area contributed by atoms with Crippen LogP contribution in [0.4, 0.5) is 0 Å². The second-order valence-electron chi connectivity index (χ2n) is 4.33. The molecule has 2 heteroatoms. The summed E-state index contributed by atoms with van der Waals surface area (Å²) < 4.78 is 0. The van der Waals surface area contributed by atoms with Crippen molar-refractivity contribution in [1.29, 1.82) is 0 Å². The SMILES string of the molecule is C=CC[S+](Cc1ccccc1)Cc1ccccc1.[Br-]. The van der Waals surface area contributed by atoms with Gasteiger partial charge in [0.2, 0.25) is 0 Å². The molecule has 0 saturated carbocycles. The van der Waals surface area contributed by atoms with Gasteiger partial charge in [0.05, 0.1) is 0 Å².